The molecule has 1 atom stereocenters. The normalized spacial score (nSPS) is 16.6. The summed E-state index contributed by atoms with van der Waals surface area (Å²) >= 11 is 0. The predicted molar refractivity (Wildman–Crippen MR) is 79.5 cm³/mol. The number of carbonyl (C=O) groups is 2. The van der Waals surface area contributed by atoms with E-state index in [2.05, 4.69) is 18.6 Å². The monoisotopic (exact) mass is 283 g/mol. The van der Waals surface area contributed by atoms with Gasteiger partial charge in [0.2, 0.25) is 0 Å². The van der Waals surface area contributed by atoms with Gasteiger partial charge in [-0.15, -0.1) is 0 Å². The predicted octanol–water partition coefficient (Wildman–Crippen LogP) is 4.27. The summed E-state index contributed by atoms with van der Waals surface area (Å²) in [4.78, 5) is 24.5. The smallest absolute Gasteiger partial charge is 0.375 e. The molecule has 0 saturated carbocycles. The van der Waals surface area contributed by atoms with E-state index in [9.17, 15) is 9.59 Å². The molecular formula is C16H29NO3. The zero-order valence-electron chi connectivity index (χ0n) is 13.0. The second kappa shape index (κ2) is 9.78. The quantitative estimate of drug-likeness (QED) is 0.323. The third kappa shape index (κ3) is 5.93. The summed E-state index contributed by atoms with van der Waals surface area (Å²) in [5, 5.41) is 0. The van der Waals surface area contributed by atoms with E-state index in [0.29, 0.717) is 0 Å². The molecular weight excluding hydrogens is 254 g/mol. The number of cyclic esters (lactones) is 2. The third-order valence-electron chi connectivity index (χ3n) is 3.96. The highest BCUT2D eigenvalue weighted by Gasteiger charge is 2.34. The van der Waals surface area contributed by atoms with Crippen LogP contribution in [-0.4, -0.2) is 29.5 Å². The average molecular weight is 283 g/mol. The third-order valence-corrected chi connectivity index (χ3v) is 3.96. The number of hydrogen-bond donors (Lipinski definition) is 0. The molecule has 0 bridgehead atoms. The zero-order chi connectivity index (χ0) is 14.8. The van der Waals surface area contributed by atoms with Crippen LogP contribution in [0.15, 0.2) is 0 Å². The van der Waals surface area contributed by atoms with Crippen LogP contribution in [0.1, 0.15) is 78.1 Å². The molecule has 1 heterocycles. The number of ether oxygens (including phenoxy) is 1. The molecule has 1 unspecified atom stereocenters. The summed E-state index contributed by atoms with van der Waals surface area (Å²) in [6, 6.07) is 0.183. The molecule has 0 aliphatic carbocycles. The Bertz CT molecular complexity index is 304. The molecule has 1 aliphatic rings. The van der Waals surface area contributed by atoms with E-state index in [4.69, 9.17) is 0 Å². The minimum Gasteiger partial charge on any atom is -0.375 e. The summed E-state index contributed by atoms with van der Waals surface area (Å²) in [7, 11) is 0. The molecule has 0 aromatic heterocycles. The van der Waals surface area contributed by atoms with Crippen LogP contribution in [0.3, 0.4) is 0 Å². The maximum atomic E-state index is 11.7. The highest BCUT2D eigenvalue weighted by Crippen LogP contribution is 2.21. The molecule has 20 heavy (non-hydrogen) atoms. The van der Waals surface area contributed by atoms with Crippen molar-refractivity contribution in [2.24, 2.45) is 0 Å². The second-order valence-corrected chi connectivity index (χ2v) is 5.72. The maximum Gasteiger partial charge on any atom is 0.418 e. The van der Waals surface area contributed by atoms with Gasteiger partial charge in [0.1, 0.15) is 6.54 Å². The van der Waals surface area contributed by atoms with Gasteiger partial charge in [-0.05, 0) is 12.8 Å². The molecule has 0 aromatic rings. The van der Waals surface area contributed by atoms with Gasteiger partial charge in [-0.25, -0.2) is 9.59 Å². The van der Waals surface area contributed by atoms with Gasteiger partial charge in [0, 0.05) is 6.04 Å². The lowest BCUT2D eigenvalue weighted by Crippen LogP contribution is -2.36. The summed E-state index contributed by atoms with van der Waals surface area (Å²) in [5.74, 6) is -0.401. The molecule has 1 amide bonds. The molecule has 0 spiro atoms. The van der Waals surface area contributed by atoms with Gasteiger partial charge >= 0.3 is 12.1 Å². The van der Waals surface area contributed by atoms with Crippen molar-refractivity contribution in [3.63, 3.8) is 0 Å². The Balaban J connectivity index is 2.38. The molecule has 1 rings (SSSR count). The van der Waals surface area contributed by atoms with Gasteiger partial charge in [-0.2, -0.15) is 0 Å². The lowest BCUT2D eigenvalue weighted by atomic mass is 10.00. The number of carbonyl (C=O) groups excluding carboxylic acids is 2. The van der Waals surface area contributed by atoms with Crippen LogP contribution < -0.4 is 0 Å². The van der Waals surface area contributed by atoms with Crippen LogP contribution in [0, 0.1) is 0 Å². The van der Waals surface area contributed by atoms with Crippen LogP contribution in [-0.2, 0) is 9.53 Å². The Labute approximate surface area is 122 Å². The summed E-state index contributed by atoms with van der Waals surface area (Å²) < 4.78 is 4.65. The topological polar surface area (TPSA) is 46.6 Å². The van der Waals surface area contributed by atoms with Gasteiger partial charge < -0.3 is 4.74 Å². The Kier molecular flexibility index (Phi) is 8.31. The summed E-state index contributed by atoms with van der Waals surface area (Å²) in [6.45, 7) is 4.53. The molecule has 0 N–H and O–H groups in total. The fourth-order valence-corrected chi connectivity index (χ4v) is 2.74. The van der Waals surface area contributed by atoms with E-state index >= 15 is 0 Å². The molecule has 1 saturated heterocycles. The van der Waals surface area contributed by atoms with E-state index in [1.165, 1.54) is 38.5 Å². The summed E-state index contributed by atoms with van der Waals surface area (Å²) in [6.07, 6.45) is 11.2. The van der Waals surface area contributed by atoms with Gasteiger partial charge in [-0.3, -0.25) is 4.90 Å². The largest absolute Gasteiger partial charge is 0.418 e. The highest BCUT2D eigenvalue weighted by molar-refractivity contribution is 5.93. The standard InChI is InChI=1S/C16H29NO3/c1-3-5-7-8-10-12-14(11-9-6-4-2)17-13-15(18)20-16(17)19/h14H,3-13H2,1-2H3. The van der Waals surface area contributed by atoms with E-state index in [0.717, 1.165) is 25.7 Å². The highest BCUT2D eigenvalue weighted by atomic mass is 16.6. The van der Waals surface area contributed by atoms with Gasteiger partial charge in [0.15, 0.2) is 0 Å². The van der Waals surface area contributed by atoms with Crippen molar-refractivity contribution in [1.29, 1.82) is 0 Å². The lowest BCUT2D eigenvalue weighted by molar-refractivity contribution is -0.133. The lowest BCUT2D eigenvalue weighted by Gasteiger charge is -2.25. The molecule has 0 aromatic carbocycles. The van der Waals surface area contributed by atoms with Crippen molar-refractivity contribution in [3.05, 3.63) is 0 Å². The minimum atomic E-state index is -0.440. The van der Waals surface area contributed by atoms with Crippen LogP contribution in [0.2, 0.25) is 0 Å². The molecule has 4 heteroatoms. The van der Waals surface area contributed by atoms with Crippen molar-refractivity contribution >= 4 is 12.1 Å². The first-order valence-corrected chi connectivity index (χ1v) is 8.20. The van der Waals surface area contributed by atoms with E-state index in [-0.39, 0.29) is 12.6 Å². The van der Waals surface area contributed by atoms with Gasteiger partial charge in [-0.1, -0.05) is 65.2 Å². The van der Waals surface area contributed by atoms with Crippen molar-refractivity contribution in [2.45, 2.75) is 84.1 Å². The first-order chi connectivity index (χ1) is 9.69. The van der Waals surface area contributed by atoms with Crippen molar-refractivity contribution < 1.29 is 14.3 Å². The Morgan fingerprint density at radius 3 is 2.05 bits per heavy atom. The van der Waals surface area contributed by atoms with Crippen molar-refractivity contribution in [2.75, 3.05) is 6.54 Å². The molecule has 4 nitrogen and oxygen atoms in total. The number of rotatable bonds is 11. The number of hydrogen-bond acceptors (Lipinski definition) is 3. The zero-order valence-corrected chi connectivity index (χ0v) is 13.0. The Morgan fingerprint density at radius 1 is 0.950 bits per heavy atom. The van der Waals surface area contributed by atoms with E-state index < -0.39 is 12.1 Å². The van der Waals surface area contributed by atoms with Crippen molar-refractivity contribution in [1.82, 2.24) is 4.90 Å². The molecule has 1 aliphatic heterocycles. The van der Waals surface area contributed by atoms with E-state index in [1.54, 1.807) is 4.90 Å². The summed E-state index contributed by atoms with van der Waals surface area (Å²) in [5.41, 5.74) is 0. The molecule has 0 radical (unpaired) electrons. The number of nitrogens with zero attached hydrogens (tertiary/aromatic N) is 1. The molecule has 1 fully saturated rings. The fraction of sp³-hybridized carbons (Fsp3) is 0.875. The van der Waals surface area contributed by atoms with Crippen LogP contribution in [0.5, 0.6) is 0 Å². The first kappa shape index (κ1) is 17.0. The number of unbranched alkanes of at least 4 members (excludes halogenated alkanes) is 6. The average Bonchev–Trinajstić information content (AvgIpc) is 2.75. The first-order valence-electron chi connectivity index (χ1n) is 8.20. The van der Waals surface area contributed by atoms with Gasteiger partial charge in [0.25, 0.3) is 0 Å². The minimum absolute atomic E-state index is 0.143. The Morgan fingerprint density at radius 2 is 1.50 bits per heavy atom. The molecule has 116 valence electrons. The van der Waals surface area contributed by atoms with Crippen LogP contribution in [0.4, 0.5) is 4.79 Å². The van der Waals surface area contributed by atoms with E-state index in [1.807, 2.05) is 0 Å². The van der Waals surface area contributed by atoms with Crippen LogP contribution >= 0.6 is 0 Å². The number of esters is 1. The maximum absolute atomic E-state index is 11.7. The fourth-order valence-electron chi connectivity index (χ4n) is 2.74. The Hall–Kier alpha value is -1.06. The second-order valence-electron chi connectivity index (χ2n) is 5.72. The van der Waals surface area contributed by atoms with Gasteiger partial charge in [0.05, 0.1) is 0 Å². The number of amides is 1. The van der Waals surface area contributed by atoms with Crippen LogP contribution in [0.25, 0.3) is 0 Å². The van der Waals surface area contributed by atoms with Crippen molar-refractivity contribution in [3.8, 4) is 0 Å². The SMILES string of the molecule is CCCCCCCC(CCCCC)N1CC(=O)OC1=O.